The zero-order valence-electron chi connectivity index (χ0n) is 12.7. The molecule has 0 saturated heterocycles. The number of hydrogen-bond donors (Lipinski definition) is 1. The van der Waals surface area contributed by atoms with Gasteiger partial charge in [-0.3, -0.25) is 4.79 Å². The van der Waals surface area contributed by atoms with Crippen LogP contribution >= 0.6 is 23.1 Å². The smallest absolute Gasteiger partial charge is 0.206 e. The van der Waals surface area contributed by atoms with Crippen molar-refractivity contribution in [1.82, 2.24) is 10.2 Å². The van der Waals surface area contributed by atoms with Crippen molar-refractivity contribution in [2.45, 2.75) is 24.6 Å². The van der Waals surface area contributed by atoms with E-state index in [2.05, 4.69) is 22.4 Å². The molecule has 0 atom stereocenters. The second-order valence-electron chi connectivity index (χ2n) is 4.47. The second kappa shape index (κ2) is 8.75. The number of rotatable bonds is 9. The fourth-order valence-electron chi connectivity index (χ4n) is 1.69. The van der Waals surface area contributed by atoms with Gasteiger partial charge in [-0.25, -0.2) is 0 Å². The molecule has 118 valence electrons. The van der Waals surface area contributed by atoms with Crippen LogP contribution in [0.5, 0.6) is 5.75 Å². The van der Waals surface area contributed by atoms with Crippen molar-refractivity contribution >= 4 is 34.0 Å². The number of Topliss-reactive ketones (excluding diaryl/α,β-unsaturated/α-hetero) is 1. The zero-order chi connectivity index (χ0) is 15.8. The Morgan fingerprint density at radius 3 is 2.73 bits per heavy atom. The van der Waals surface area contributed by atoms with Gasteiger partial charge in [0.25, 0.3) is 0 Å². The molecule has 1 aromatic heterocycles. The molecule has 0 bridgehead atoms. The van der Waals surface area contributed by atoms with Crippen molar-refractivity contribution in [3.63, 3.8) is 0 Å². The summed E-state index contributed by atoms with van der Waals surface area (Å²) in [6.45, 7) is 5.53. The van der Waals surface area contributed by atoms with Crippen LogP contribution in [0.25, 0.3) is 0 Å². The number of nitrogens with zero attached hydrogens (tertiary/aromatic N) is 2. The van der Waals surface area contributed by atoms with Crippen molar-refractivity contribution in [3.8, 4) is 5.75 Å². The summed E-state index contributed by atoms with van der Waals surface area (Å²) in [7, 11) is 0. The Labute approximate surface area is 138 Å². The number of nitrogens with one attached hydrogen (secondary N) is 1. The fraction of sp³-hybridized carbons (Fsp3) is 0.400. The molecule has 2 aromatic rings. The number of thioether (sulfide) groups is 1. The van der Waals surface area contributed by atoms with Crippen LogP contribution in [0.15, 0.2) is 28.6 Å². The molecule has 2 rings (SSSR count). The van der Waals surface area contributed by atoms with Crippen molar-refractivity contribution in [3.05, 3.63) is 29.8 Å². The van der Waals surface area contributed by atoms with Crippen molar-refractivity contribution < 1.29 is 9.53 Å². The van der Waals surface area contributed by atoms with E-state index in [4.69, 9.17) is 4.74 Å². The van der Waals surface area contributed by atoms with E-state index in [1.807, 2.05) is 19.1 Å². The van der Waals surface area contributed by atoms with E-state index in [0.29, 0.717) is 17.9 Å². The molecule has 1 N–H and O–H groups in total. The Kier molecular flexibility index (Phi) is 6.67. The topological polar surface area (TPSA) is 64.1 Å². The third-order valence-corrected chi connectivity index (χ3v) is 4.76. The first-order valence-corrected chi connectivity index (χ1v) is 8.99. The van der Waals surface area contributed by atoms with E-state index >= 15 is 0 Å². The first-order chi connectivity index (χ1) is 10.7. The summed E-state index contributed by atoms with van der Waals surface area (Å²) >= 11 is 2.89. The molecule has 0 radical (unpaired) electrons. The van der Waals surface area contributed by atoms with E-state index in [1.54, 1.807) is 12.1 Å². The maximum atomic E-state index is 12.1. The molecule has 7 heteroatoms. The number of aromatic nitrogens is 2. The van der Waals surface area contributed by atoms with E-state index in [9.17, 15) is 4.79 Å². The van der Waals surface area contributed by atoms with Gasteiger partial charge in [0.05, 0.1) is 12.4 Å². The van der Waals surface area contributed by atoms with Crippen LogP contribution in [-0.4, -0.2) is 34.9 Å². The molecule has 1 aromatic carbocycles. The standard InChI is InChI=1S/C15H19N3O2S2/c1-3-9-16-14-17-18-15(22-14)21-10-13(19)11-5-7-12(8-6-11)20-4-2/h5-8H,3-4,9-10H2,1-2H3,(H,16,17). The van der Waals surface area contributed by atoms with Crippen molar-refractivity contribution in [1.29, 1.82) is 0 Å². The maximum Gasteiger partial charge on any atom is 0.206 e. The third-order valence-electron chi connectivity index (χ3n) is 2.75. The van der Waals surface area contributed by atoms with Crippen LogP contribution < -0.4 is 10.1 Å². The van der Waals surface area contributed by atoms with Crippen LogP contribution in [0.4, 0.5) is 5.13 Å². The highest BCUT2D eigenvalue weighted by Crippen LogP contribution is 2.26. The lowest BCUT2D eigenvalue weighted by atomic mass is 10.1. The minimum absolute atomic E-state index is 0.0753. The van der Waals surface area contributed by atoms with Gasteiger partial charge < -0.3 is 10.1 Å². The normalized spacial score (nSPS) is 10.5. The first-order valence-electron chi connectivity index (χ1n) is 7.19. The van der Waals surface area contributed by atoms with Gasteiger partial charge in [-0.2, -0.15) is 0 Å². The van der Waals surface area contributed by atoms with Gasteiger partial charge in [0.15, 0.2) is 10.1 Å². The molecular formula is C15H19N3O2S2. The Hall–Kier alpha value is -1.60. The lowest BCUT2D eigenvalue weighted by Gasteiger charge is -2.03. The van der Waals surface area contributed by atoms with E-state index in [0.717, 1.165) is 28.2 Å². The number of anilines is 1. The first kappa shape index (κ1) is 16.8. The Bertz CT molecular complexity index is 599. The summed E-state index contributed by atoms with van der Waals surface area (Å²) in [5.41, 5.74) is 0.685. The van der Waals surface area contributed by atoms with Gasteiger partial charge in [0.1, 0.15) is 5.75 Å². The number of hydrogen-bond acceptors (Lipinski definition) is 7. The predicted molar refractivity (Wildman–Crippen MR) is 91.4 cm³/mol. The second-order valence-corrected chi connectivity index (χ2v) is 6.67. The summed E-state index contributed by atoms with van der Waals surface area (Å²) in [5, 5.41) is 12.1. The highest BCUT2D eigenvalue weighted by Gasteiger charge is 2.10. The molecule has 0 unspecified atom stereocenters. The molecule has 0 amide bonds. The Morgan fingerprint density at radius 2 is 2.05 bits per heavy atom. The zero-order valence-corrected chi connectivity index (χ0v) is 14.3. The van der Waals surface area contributed by atoms with Gasteiger partial charge in [0, 0.05) is 12.1 Å². The monoisotopic (exact) mass is 337 g/mol. The Balaban J connectivity index is 1.85. The molecule has 0 spiro atoms. The van der Waals surface area contributed by atoms with E-state index in [1.165, 1.54) is 23.1 Å². The third kappa shape index (κ3) is 4.99. The molecule has 0 aliphatic rings. The average Bonchev–Trinajstić information content (AvgIpc) is 2.99. The van der Waals surface area contributed by atoms with Crippen LogP contribution in [-0.2, 0) is 0 Å². The largest absolute Gasteiger partial charge is 0.494 e. The SMILES string of the molecule is CCCNc1nnc(SCC(=O)c2ccc(OCC)cc2)s1. The van der Waals surface area contributed by atoms with Crippen LogP contribution in [0.3, 0.4) is 0 Å². The lowest BCUT2D eigenvalue weighted by Crippen LogP contribution is -2.02. The predicted octanol–water partition coefficient (Wildman–Crippen LogP) is 3.73. The summed E-state index contributed by atoms with van der Waals surface area (Å²) < 4.78 is 6.17. The van der Waals surface area contributed by atoms with Crippen LogP contribution in [0, 0.1) is 0 Å². The van der Waals surface area contributed by atoms with Gasteiger partial charge >= 0.3 is 0 Å². The van der Waals surface area contributed by atoms with Crippen molar-refractivity contribution in [2.24, 2.45) is 0 Å². The number of carbonyl (C=O) groups is 1. The molecule has 0 aliphatic carbocycles. The highest BCUT2D eigenvalue weighted by atomic mass is 32.2. The molecule has 0 aliphatic heterocycles. The molecule has 22 heavy (non-hydrogen) atoms. The quantitative estimate of drug-likeness (QED) is 0.555. The van der Waals surface area contributed by atoms with E-state index < -0.39 is 0 Å². The van der Waals surface area contributed by atoms with Gasteiger partial charge in [-0.05, 0) is 37.6 Å². The molecule has 1 heterocycles. The van der Waals surface area contributed by atoms with Gasteiger partial charge in [-0.1, -0.05) is 30.0 Å². The number of ether oxygens (including phenoxy) is 1. The van der Waals surface area contributed by atoms with Gasteiger partial charge in [0.2, 0.25) is 5.13 Å². The lowest BCUT2D eigenvalue weighted by molar-refractivity contribution is 0.102. The average molecular weight is 337 g/mol. The Morgan fingerprint density at radius 1 is 1.27 bits per heavy atom. The summed E-state index contributed by atoms with van der Waals surface area (Å²) in [5.74, 6) is 1.21. The molecule has 5 nitrogen and oxygen atoms in total. The highest BCUT2D eigenvalue weighted by molar-refractivity contribution is 8.01. The van der Waals surface area contributed by atoms with Crippen molar-refractivity contribution in [2.75, 3.05) is 24.2 Å². The van der Waals surface area contributed by atoms with Gasteiger partial charge in [-0.15, -0.1) is 10.2 Å². The van der Waals surface area contributed by atoms with Crippen LogP contribution in [0.2, 0.25) is 0 Å². The summed E-state index contributed by atoms with van der Waals surface area (Å²) in [6, 6.07) is 7.22. The number of carbonyl (C=O) groups excluding carboxylic acids is 1. The molecular weight excluding hydrogens is 318 g/mol. The number of ketones is 1. The minimum Gasteiger partial charge on any atom is -0.494 e. The minimum atomic E-state index is 0.0753. The summed E-state index contributed by atoms with van der Waals surface area (Å²) in [6.07, 6.45) is 1.04. The fourth-order valence-corrected chi connectivity index (χ4v) is 3.36. The van der Waals surface area contributed by atoms with Crippen LogP contribution in [0.1, 0.15) is 30.6 Å². The maximum absolute atomic E-state index is 12.1. The summed E-state index contributed by atoms with van der Waals surface area (Å²) in [4.78, 5) is 12.1. The molecule has 0 fully saturated rings. The van der Waals surface area contributed by atoms with E-state index in [-0.39, 0.29) is 5.78 Å². The molecule has 0 saturated carbocycles. The number of benzene rings is 1.